The molecule has 122 valence electrons. The lowest BCUT2D eigenvalue weighted by Gasteiger charge is -2.22. The fourth-order valence-corrected chi connectivity index (χ4v) is 3.29. The van der Waals surface area contributed by atoms with Gasteiger partial charge in [0.15, 0.2) is 0 Å². The first-order valence-corrected chi connectivity index (χ1v) is 8.42. The van der Waals surface area contributed by atoms with Gasteiger partial charge in [-0.25, -0.2) is 0 Å². The molecule has 1 aromatic carbocycles. The number of rotatable bonds is 4. The largest absolute Gasteiger partial charge is 0.353 e. The number of carbonyl (C=O) groups excluding carboxylic acids is 2. The first-order chi connectivity index (χ1) is 11.1. The predicted molar refractivity (Wildman–Crippen MR) is 89.3 cm³/mol. The van der Waals surface area contributed by atoms with Crippen LogP contribution in [0.5, 0.6) is 0 Å². The van der Waals surface area contributed by atoms with Gasteiger partial charge in [0, 0.05) is 24.3 Å². The number of nitrogens with one attached hydrogen (secondary N) is 1. The van der Waals surface area contributed by atoms with Crippen LogP contribution in [-0.2, 0) is 4.79 Å². The molecule has 0 atom stereocenters. The SMILES string of the molecule is Cc1nn(C(=O)CCC(=O)NC2CCCCC2)c2ccccc12. The molecule has 1 aromatic heterocycles. The number of carbonyl (C=O) groups is 2. The van der Waals surface area contributed by atoms with E-state index in [1.165, 1.54) is 23.9 Å². The van der Waals surface area contributed by atoms with E-state index < -0.39 is 0 Å². The monoisotopic (exact) mass is 313 g/mol. The number of hydrogen-bond donors (Lipinski definition) is 1. The quantitative estimate of drug-likeness (QED) is 0.942. The molecule has 1 amide bonds. The Bertz CT molecular complexity index is 714. The Morgan fingerprint density at radius 2 is 1.91 bits per heavy atom. The predicted octanol–water partition coefficient (Wildman–Crippen LogP) is 3.21. The van der Waals surface area contributed by atoms with Gasteiger partial charge in [-0.15, -0.1) is 0 Å². The van der Waals surface area contributed by atoms with Gasteiger partial charge in [-0.1, -0.05) is 37.5 Å². The number of benzene rings is 1. The molecule has 3 rings (SSSR count). The fraction of sp³-hybridized carbons (Fsp3) is 0.500. The second-order valence-electron chi connectivity index (χ2n) is 6.31. The Labute approximate surface area is 136 Å². The Morgan fingerprint density at radius 1 is 1.17 bits per heavy atom. The summed E-state index contributed by atoms with van der Waals surface area (Å²) in [5.41, 5.74) is 1.64. The van der Waals surface area contributed by atoms with Gasteiger partial charge in [0.2, 0.25) is 11.8 Å². The summed E-state index contributed by atoms with van der Waals surface area (Å²) in [7, 11) is 0. The van der Waals surface area contributed by atoms with Gasteiger partial charge >= 0.3 is 0 Å². The van der Waals surface area contributed by atoms with Crippen LogP contribution in [0.15, 0.2) is 24.3 Å². The molecule has 2 aromatic rings. The summed E-state index contributed by atoms with van der Waals surface area (Å²) in [5, 5.41) is 8.35. The molecule has 1 heterocycles. The number of aromatic nitrogens is 2. The second kappa shape index (κ2) is 6.94. The third-order valence-electron chi connectivity index (χ3n) is 4.54. The number of hydrogen-bond acceptors (Lipinski definition) is 3. The Kier molecular flexibility index (Phi) is 4.74. The van der Waals surface area contributed by atoms with E-state index in [2.05, 4.69) is 10.4 Å². The first kappa shape index (κ1) is 15.7. The lowest BCUT2D eigenvalue weighted by molar-refractivity contribution is -0.122. The minimum atomic E-state index is -0.131. The molecular formula is C18H23N3O2. The van der Waals surface area contributed by atoms with Crippen molar-refractivity contribution < 1.29 is 9.59 Å². The zero-order valence-corrected chi connectivity index (χ0v) is 13.5. The molecule has 5 nitrogen and oxygen atoms in total. The maximum Gasteiger partial charge on any atom is 0.247 e. The lowest BCUT2D eigenvalue weighted by atomic mass is 9.95. The highest BCUT2D eigenvalue weighted by atomic mass is 16.2. The van der Waals surface area contributed by atoms with E-state index in [1.807, 2.05) is 31.2 Å². The van der Waals surface area contributed by atoms with Crippen molar-refractivity contribution in [2.75, 3.05) is 0 Å². The second-order valence-corrected chi connectivity index (χ2v) is 6.31. The van der Waals surface area contributed by atoms with Crippen LogP contribution in [0.1, 0.15) is 55.4 Å². The summed E-state index contributed by atoms with van der Waals surface area (Å²) < 4.78 is 1.43. The normalized spacial score (nSPS) is 15.7. The third kappa shape index (κ3) is 3.60. The van der Waals surface area contributed by atoms with Crippen LogP contribution in [0.3, 0.4) is 0 Å². The van der Waals surface area contributed by atoms with E-state index in [4.69, 9.17) is 0 Å². The fourth-order valence-electron chi connectivity index (χ4n) is 3.29. The maximum absolute atomic E-state index is 12.4. The average molecular weight is 313 g/mol. The van der Waals surface area contributed by atoms with Gasteiger partial charge in [-0.3, -0.25) is 9.59 Å². The molecule has 1 aliphatic rings. The molecule has 0 unspecified atom stereocenters. The van der Waals surface area contributed by atoms with Crippen molar-refractivity contribution in [3.05, 3.63) is 30.0 Å². The van der Waals surface area contributed by atoms with Gasteiger partial charge in [-0.2, -0.15) is 9.78 Å². The van der Waals surface area contributed by atoms with Crippen LogP contribution in [0.4, 0.5) is 0 Å². The number of amides is 1. The van der Waals surface area contributed by atoms with Crippen molar-refractivity contribution in [2.45, 2.75) is 57.9 Å². The smallest absolute Gasteiger partial charge is 0.247 e. The van der Waals surface area contributed by atoms with Crippen LogP contribution in [-0.4, -0.2) is 27.6 Å². The van der Waals surface area contributed by atoms with Crippen molar-refractivity contribution in [3.8, 4) is 0 Å². The lowest BCUT2D eigenvalue weighted by Crippen LogP contribution is -2.36. The van der Waals surface area contributed by atoms with Crippen LogP contribution in [0, 0.1) is 6.92 Å². The van der Waals surface area contributed by atoms with Crippen molar-refractivity contribution in [1.29, 1.82) is 0 Å². The zero-order chi connectivity index (χ0) is 16.2. The molecule has 1 N–H and O–H groups in total. The highest BCUT2D eigenvalue weighted by Gasteiger charge is 2.18. The van der Waals surface area contributed by atoms with E-state index >= 15 is 0 Å². The molecule has 0 radical (unpaired) electrons. The average Bonchev–Trinajstić information content (AvgIpc) is 2.91. The minimum Gasteiger partial charge on any atom is -0.353 e. The van der Waals surface area contributed by atoms with Gasteiger partial charge in [0.1, 0.15) is 0 Å². The van der Waals surface area contributed by atoms with E-state index in [-0.39, 0.29) is 24.7 Å². The molecular weight excluding hydrogens is 290 g/mol. The van der Waals surface area contributed by atoms with Crippen molar-refractivity contribution >= 4 is 22.7 Å². The van der Waals surface area contributed by atoms with Gasteiger partial charge in [-0.05, 0) is 25.8 Å². The van der Waals surface area contributed by atoms with Crippen molar-refractivity contribution in [2.24, 2.45) is 0 Å². The molecule has 1 saturated carbocycles. The number of fused-ring (bicyclic) bond motifs is 1. The van der Waals surface area contributed by atoms with Gasteiger partial charge in [0.25, 0.3) is 0 Å². The molecule has 0 spiro atoms. The van der Waals surface area contributed by atoms with E-state index in [9.17, 15) is 9.59 Å². The van der Waals surface area contributed by atoms with Crippen LogP contribution in [0.25, 0.3) is 10.9 Å². The van der Waals surface area contributed by atoms with E-state index in [0.717, 1.165) is 29.4 Å². The summed E-state index contributed by atoms with van der Waals surface area (Å²) >= 11 is 0. The van der Waals surface area contributed by atoms with Gasteiger partial charge < -0.3 is 5.32 Å². The molecule has 0 aliphatic heterocycles. The summed E-state index contributed by atoms with van der Waals surface area (Å²) in [5.74, 6) is -0.161. The number of para-hydroxylation sites is 1. The topological polar surface area (TPSA) is 64.0 Å². The van der Waals surface area contributed by atoms with Crippen LogP contribution >= 0.6 is 0 Å². The molecule has 0 bridgehead atoms. The summed E-state index contributed by atoms with van der Waals surface area (Å²) in [4.78, 5) is 24.4. The minimum absolute atomic E-state index is 0.0292. The number of nitrogens with zero attached hydrogens (tertiary/aromatic N) is 2. The summed E-state index contributed by atoms with van der Waals surface area (Å²) in [6, 6.07) is 7.96. The summed E-state index contributed by atoms with van der Waals surface area (Å²) in [6.45, 7) is 1.89. The molecule has 23 heavy (non-hydrogen) atoms. The number of aryl methyl sites for hydroxylation is 1. The first-order valence-electron chi connectivity index (χ1n) is 8.42. The molecule has 5 heteroatoms. The van der Waals surface area contributed by atoms with Crippen molar-refractivity contribution in [1.82, 2.24) is 15.1 Å². The van der Waals surface area contributed by atoms with Crippen LogP contribution < -0.4 is 5.32 Å². The Hall–Kier alpha value is -2.17. The molecule has 0 saturated heterocycles. The van der Waals surface area contributed by atoms with Crippen LogP contribution in [0.2, 0.25) is 0 Å². The highest BCUT2D eigenvalue weighted by molar-refractivity contribution is 5.93. The highest BCUT2D eigenvalue weighted by Crippen LogP contribution is 2.19. The zero-order valence-electron chi connectivity index (χ0n) is 13.5. The maximum atomic E-state index is 12.4. The standard InChI is InChI=1S/C18H23N3O2/c1-13-15-9-5-6-10-16(15)21(20-13)18(23)12-11-17(22)19-14-7-3-2-4-8-14/h5-6,9-10,14H,2-4,7-8,11-12H2,1H3,(H,19,22). The Morgan fingerprint density at radius 3 is 2.70 bits per heavy atom. The third-order valence-corrected chi connectivity index (χ3v) is 4.54. The Balaban J connectivity index is 1.59. The summed E-state index contributed by atoms with van der Waals surface area (Å²) in [6.07, 6.45) is 6.15. The van der Waals surface area contributed by atoms with E-state index in [1.54, 1.807) is 0 Å². The van der Waals surface area contributed by atoms with Crippen molar-refractivity contribution in [3.63, 3.8) is 0 Å². The molecule has 1 aliphatic carbocycles. The molecule has 1 fully saturated rings. The van der Waals surface area contributed by atoms with Gasteiger partial charge in [0.05, 0.1) is 11.2 Å². The van der Waals surface area contributed by atoms with E-state index in [0.29, 0.717) is 6.04 Å².